The van der Waals surface area contributed by atoms with Crippen LogP contribution in [0.1, 0.15) is 0 Å². The zero-order valence-corrected chi connectivity index (χ0v) is 37.1. The monoisotopic (exact) mass is 872 g/mol. The molecule has 0 saturated heterocycles. The van der Waals surface area contributed by atoms with Gasteiger partial charge in [0.05, 0.1) is 33.8 Å². The topological polar surface area (TPSA) is 34.0 Å². The van der Waals surface area contributed by atoms with E-state index < -0.39 is 0 Å². The molecule has 5 heteroatoms. The minimum absolute atomic E-state index is 0.692. The van der Waals surface area contributed by atoms with E-state index in [1.807, 2.05) is 30.0 Å². The van der Waals surface area contributed by atoms with Crippen molar-refractivity contribution in [3.8, 4) is 61.8 Å². The number of hydrogen-bond acceptors (Lipinski definition) is 4. The van der Waals surface area contributed by atoms with Gasteiger partial charge in [-0.05, 0) is 99.8 Å². The second-order valence-electron chi connectivity index (χ2n) is 17.0. The highest BCUT2D eigenvalue weighted by Crippen LogP contribution is 2.53. The highest BCUT2D eigenvalue weighted by molar-refractivity contribution is 7.99. The molecule has 0 radical (unpaired) electrons. The molecule has 0 spiro atoms. The molecule has 3 heterocycles. The van der Waals surface area contributed by atoms with Crippen LogP contribution in [0.2, 0.25) is 0 Å². The van der Waals surface area contributed by atoms with Gasteiger partial charge in [-0.2, -0.15) is 0 Å². The molecule has 4 nitrogen and oxygen atoms in total. The number of hydrogen-bond donors (Lipinski definition) is 0. The molecule has 67 heavy (non-hydrogen) atoms. The minimum atomic E-state index is 0.692. The summed E-state index contributed by atoms with van der Waals surface area (Å²) in [7, 11) is 0. The van der Waals surface area contributed by atoms with Crippen molar-refractivity contribution in [1.82, 2.24) is 14.5 Å². The van der Waals surface area contributed by atoms with Crippen molar-refractivity contribution in [1.29, 1.82) is 0 Å². The Morgan fingerprint density at radius 2 is 0.940 bits per heavy atom. The number of aromatic nitrogens is 3. The number of benzene rings is 10. The van der Waals surface area contributed by atoms with Crippen molar-refractivity contribution in [2.45, 2.75) is 9.79 Å². The van der Waals surface area contributed by atoms with E-state index in [1.54, 1.807) is 0 Å². The number of rotatable bonds is 7. The molecule has 0 N–H and O–H groups in total. The normalized spacial score (nSPS) is 12.1. The van der Waals surface area contributed by atoms with Gasteiger partial charge in [-0.25, -0.2) is 9.97 Å². The summed E-state index contributed by atoms with van der Waals surface area (Å²) < 4.78 is 2.44. The maximum Gasteiger partial charge on any atom is 0.160 e. The summed E-state index contributed by atoms with van der Waals surface area (Å²) in [6, 6.07) is 86.9. The van der Waals surface area contributed by atoms with Crippen LogP contribution in [0.5, 0.6) is 0 Å². The Balaban J connectivity index is 0.974. The molecule has 0 unspecified atom stereocenters. The van der Waals surface area contributed by atoms with Gasteiger partial charge in [-0.15, -0.1) is 0 Å². The molecule has 2 aromatic heterocycles. The smallest absolute Gasteiger partial charge is 0.160 e. The van der Waals surface area contributed by atoms with Crippen LogP contribution in [0, 0.1) is 0 Å². The molecule has 0 atom stereocenters. The Morgan fingerprint density at radius 1 is 0.343 bits per heavy atom. The van der Waals surface area contributed by atoms with E-state index in [4.69, 9.17) is 9.97 Å². The van der Waals surface area contributed by atoms with E-state index >= 15 is 0 Å². The van der Waals surface area contributed by atoms with Gasteiger partial charge >= 0.3 is 0 Å². The second kappa shape index (κ2) is 16.2. The molecule has 0 aliphatic carbocycles. The lowest BCUT2D eigenvalue weighted by Crippen LogP contribution is -2.14. The van der Waals surface area contributed by atoms with Crippen molar-refractivity contribution >= 4 is 61.4 Å². The van der Waals surface area contributed by atoms with Crippen molar-refractivity contribution in [2.24, 2.45) is 0 Å². The van der Waals surface area contributed by atoms with Crippen molar-refractivity contribution in [2.75, 3.05) is 4.90 Å². The Morgan fingerprint density at radius 3 is 1.76 bits per heavy atom. The van der Waals surface area contributed by atoms with Crippen molar-refractivity contribution in [3.63, 3.8) is 0 Å². The van der Waals surface area contributed by atoms with Crippen LogP contribution >= 0.6 is 11.8 Å². The summed E-state index contributed by atoms with van der Waals surface area (Å²) >= 11 is 1.84. The van der Waals surface area contributed by atoms with Crippen LogP contribution < -0.4 is 4.90 Å². The highest BCUT2D eigenvalue weighted by atomic mass is 32.2. The largest absolute Gasteiger partial charge is 0.309 e. The molecule has 1 aliphatic heterocycles. The first-order chi connectivity index (χ1) is 33.2. The first kappa shape index (κ1) is 38.9. The fourth-order valence-electron chi connectivity index (χ4n) is 9.85. The predicted molar refractivity (Wildman–Crippen MR) is 280 cm³/mol. The lowest BCUT2D eigenvalue weighted by molar-refractivity contribution is 1.16. The van der Waals surface area contributed by atoms with Gasteiger partial charge in [0.15, 0.2) is 5.82 Å². The van der Waals surface area contributed by atoms with Gasteiger partial charge in [-0.1, -0.05) is 188 Å². The fourth-order valence-corrected chi connectivity index (χ4v) is 11.0. The molecule has 0 bridgehead atoms. The Bertz CT molecular complexity index is 3830. The van der Waals surface area contributed by atoms with Crippen molar-refractivity contribution in [3.05, 3.63) is 243 Å². The zero-order valence-electron chi connectivity index (χ0n) is 36.3. The van der Waals surface area contributed by atoms with Crippen LogP contribution in [0.25, 0.3) is 94.4 Å². The van der Waals surface area contributed by atoms with Crippen LogP contribution in [-0.4, -0.2) is 14.5 Å². The minimum Gasteiger partial charge on any atom is -0.309 e. The van der Waals surface area contributed by atoms with Gasteiger partial charge in [0.25, 0.3) is 0 Å². The van der Waals surface area contributed by atoms with E-state index in [0.29, 0.717) is 5.82 Å². The summed E-state index contributed by atoms with van der Waals surface area (Å²) in [4.78, 5) is 15.3. The SMILES string of the molecule is c1ccc(-c2ccc(-c3cc(-c4cccc(-n5c6cccc(-c7ccc8c(c7)Sc7ccccc7N8c7ccccc7)c6c6c7ccccc7ccc65)c4)nc(-c4ccccc4)n3)cc2)cc1. The molecular formula is C62H40N4S. The van der Waals surface area contributed by atoms with E-state index in [2.05, 4.69) is 234 Å². The third-order valence-electron chi connectivity index (χ3n) is 13.0. The van der Waals surface area contributed by atoms with Crippen LogP contribution in [0.4, 0.5) is 17.1 Å². The third-order valence-corrected chi connectivity index (χ3v) is 14.1. The standard InChI is InChI=1S/C62H40N4S/c1-4-16-41(17-5-1)42-30-32-44(33-31-42)52-40-53(64-62(63-52)45-19-6-2-7-20-45)47-21-14-24-49(38-47)66-56-28-15-26-51(61(56)60-50-25-11-10-18-43(50)34-37-57(60)66)46-35-36-55-59(39-46)67-58-29-13-12-27-54(58)65(55)48-22-8-3-9-23-48/h1-40H. The number of nitrogens with zero attached hydrogens (tertiary/aromatic N) is 4. The summed E-state index contributed by atoms with van der Waals surface area (Å²) in [6.07, 6.45) is 0. The van der Waals surface area contributed by atoms with Gasteiger partial charge in [0.2, 0.25) is 0 Å². The average Bonchev–Trinajstić information content (AvgIpc) is 3.76. The van der Waals surface area contributed by atoms with E-state index in [-0.39, 0.29) is 0 Å². The van der Waals surface area contributed by atoms with E-state index in [1.165, 1.54) is 65.0 Å². The van der Waals surface area contributed by atoms with E-state index in [0.717, 1.165) is 50.5 Å². The molecule has 0 saturated carbocycles. The summed E-state index contributed by atoms with van der Waals surface area (Å²) in [5.41, 5.74) is 16.4. The number of anilines is 3. The van der Waals surface area contributed by atoms with Crippen molar-refractivity contribution < 1.29 is 0 Å². The molecule has 0 fully saturated rings. The maximum atomic E-state index is 5.25. The lowest BCUT2D eigenvalue weighted by atomic mass is 9.96. The first-order valence-electron chi connectivity index (χ1n) is 22.6. The summed E-state index contributed by atoms with van der Waals surface area (Å²) in [5, 5.41) is 4.92. The molecule has 1 aliphatic rings. The van der Waals surface area contributed by atoms with Gasteiger partial charge in [0.1, 0.15) is 0 Å². The molecule has 13 rings (SSSR count). The first-order valence-corrected chi connectivity index (χ1v) is 23.5. The second-order valence-corrected chi connectivity index (χ2v) is 18.0. The van der Waals surface area contributed by atoms with Crippen LogP contribution in [0.3, 0.4) is 0 Å². The fraction of sp³-hybridized carbons (Fsp3) is 0. The molecule has 12 aromatic rings. The Hall–Kier alpha value is -8.51. The van der Waals surface area contributed by atoms with Gasteiger partial charge < -0.3 is 9.47 Å². The lowest BCUT2D eigenvalue weighted by Gasteiger charge is -2.33. The van der Waals surface area contributed by atoms with Crippen LogP contribution in [-0.2, 0) is 0 Å². The van der Waals surface area contributed by atoms with Gasteiger partial charge in [0, 0.05) is 48.6 Å². The quantitative estimate of drug-likeness (QED) is 0.160. The maximum absolute atomic E-state index is 5.25. The number of para-hydroxylation sites is 2. The Labute approximate surface area is 393 Å². The molecule has 0 amide bonds. The molecule has 10 aromatic carbocycles. The third kappa shape index (κ3) is 6.79. The molecular weight excluding hydrogens is 833 g/mol. The predicted octanol–water partition coefficient (Wildman–Crippen LogP) is 17.0. The van der Waals surface area contributed by atoms with Gasteiger partial charge in [-0.3, -0.25) is 0 Å². The summed E-state index contributed by atoms with van der Waals surface area (Å²) in [6.45, 7) is 0. The van der Waals surface area contributed by atoms with Crippen LogP contribution in [0.15, 0.2) is 252 Å². The number of fused-ring (bicyclic) bond motifs is 7. The molecule has 314 valence electrons. The Kier molecular flexibility index (Phi) is 9.39. The zero-order chi connectivity index (χ0) is 44.3. The summed E-state index contributed by atoms with van der Waals surface area (Å²) in [5.74, 6) is 0.692. The van der Waals surface area contributed by atoms with E-state index in [9.17, 15) is 0 Å². The highest BCUT2D eigenvalue weighted by Gasteiger charge is 2.26. The average molecular weight is 873 g/mol.